The van der Waals surface area contributed by atoms with E-state index in [1.807, 2.05) is 0 Å². The summed E-state index contributed by atoms with van der Waals surface area (Å²) < 4.78 is 42.6. The van der Waals surface area contributed by atoms with Crippen molar-refractivity contribution in [2.45, 2.75) is 106 Å². The largest absolute Gasteiger partial charge is 0.459 e. The molecule has 0 aromatic heterocycles. The highest BCUT2D eigenvalue weighted by atomic mass is 28.3. The molecule has 0 amide bonds. The molecule has 0 aliphatic heterocycles. The lowest BCUT2D eigenvalue weighted by Gasteiger charge is -2.32. The van der Waals surface area contributed by atoms with Crippen LogP contribution in [0.4, 0.5) is 13.2 Å². The minimum absolute atomic E-state index is 0.328. The summed E-state index contributed by atoms with van der Waals surface area (Å²) in [5.41, 5.74) is -2.73. The molecule has 0 aliphatic rings. The molecular weight excluding hydrogens is 345 g/mol. The van der Waals surface area contributed by atoms with Crippen LogP contribution in [0.5, 0.6) is 0 Å². The van der Waals surface area contributed by atoms with Crippen molar-refractivity contribution in [2.75, 3.05) is 0 Å². The van der Waals surface area contributed by atoms with Gasteiger partial charge in [0.1, 0.15) is 5.60 Å². The maximum atomic E-state index is 12.6. The monoisotopic (exact) mass is 384 g/mol. The van der Waals surface area contributed by atoms with E-state index in [9.17, 15) is 18.0 Å². The molecule has 25 heavy (non-hydrogen) atoms. The van der Waals surface area contributed by atoms with Gasteiger partial charge in [-0.05, 0) is 39.5 Å². The fourth-order valence-electron chi connectivity index (χ4n) is 2.41. The lowest BCUT2D eigenvalue weighted by atomic mass is 9.86. The van der Waals surface area contributed by atoms with Crippen molar-refractivity contribution < 1.29 is 22.7 Å². The van der Waals surface area contributed by atoms with Crippen LogP contribution in [0, 0.1) is 10.8 Å². The predicted octanol–water partition coefficient (Wildman–Crippen LogP) is 7.07. The molecular formula is C19H39F3O2Si. The Hall–Kier alpha value is -0.523. The van der Waals surface area contributed by atoms with Gasteiger partial charge in [-0.25, -0.2) is 0 Å². The Kier molecular flexibility index (Phi) is 9.52. The highest BCUT2D eigenvalue weighted by Crippen LogP contribution is 2.42. The van der Waals surface area contributed by atoms with Crippen LogP contribution in [0.25, 0.3) is 0 Å². The highest BCUT2D eigenvalue weighted by Gasteiger charge is 2.57. The molecule has 0 saturated heterocycles. The van der Waals surface area contributed by atoms with Crippen LogP contribution in [0.15, 0.2) is 0 Å². The summed E-state index contributed by atoms with van der Waals surface area (Å²) in [5, 5.41) is 0. The maximum absolute atomic E-state index is 12.6. The second kappa shape index (κ2) is 8.91. The number of hydrogen-bond acceptors (Lipinski definition) is 2. The maximum Gasteiger partial charge on any atom is 0.404 e. The summed E-state index contributed by atoms with van der Waals surface area (Å²) in [7, 11) is -0.814. The fourth-order valence-corrected chi connectivity index (χ4v) is 5.53. The topological polar surface area (TPSA) is 26.3 Å². The van der Waals surface area contributed by atoms with Crippen LogP contribution >= 0.6 is 0 Å². The van der Waals surface area contributed by atoms with E-state index in [4.69, 9.17) is 4.74 Å². The molecule has 2 nitrogen and oxygen atoms in total. The van der Waals surface area contributed by atoms with Gasteiger partial charge in [-0.15, -0.1) is 0 Å². The van der Waals surface area contributed by atoms with Crippen molar-refractivity contribution in [3.63, 3.8) is 0 Å². The summed E-state index contributed by atoms with van der Waals surface area (Å²) in [6.07, 6.45) is -3.59. The zero-order chi connectivity index (χ0) is 20.9. The first-order valence-electron chi connectivity index (χ1n) is 9.01. The van der Waals surface area contributed by atoms with Crippen molar-refractivity contribution in [3.05, 3.63) is 0 Å². The summed E-state index contributed by atoms with van der Waals surface area (Å²) >= 11 is 0. The van der Waals surface area contributed by atoms with Crippen molar-refractivity contribution in [2.24, 2.45) is 10.8 Å². The number of carbonyl (C=O) groups excluding carboxylic acids is 1. The van der Waals surface area contributed by atoms with E-state index in [1.54, 1.807) is 0 Å². The van der Waals surface area contributed by atoms with Gasteiger partial charge >= 0.3 is 12.1 Å². The lowest BCUT2D eigenvalue weighted by Crippen LogP contribution is -2.45. The van der Waals surface area contributed by atoms with Crippen LogP contribution in [-0.2, 0) is 9.53 Å². The SMILES string of the molecule is CCC(C)(C(=O)OC(C)(C)C)C(F)(F)F.CCC(C)(C)C[Si](C)(C)C. The first-order valence-corrected chi connectivity index (χ1v) is 12.7. The second-order valence-corrected chi connectivity index (χ2v) is 15.4. The minimum Gasteiger partial charge on any atom is -0.459 e. The average molecular weight is 385 g/mol. The third-order valence-electron chi connectivity index (χ3n) is 4.15. The Balaban J connectivity index is 0. The van der Waals surface area contributed by atoms with E-state index in [0.29, 0.717) is 5.41 Å². The van der Waals surface area contributed by atoms with Gasteiger partial charge in [-0.2, -0.15) is 13.2 Å². The third-order valence-corrected chi connectivity index (χ3v) is 6.17. The molecule has 0 N–H and O–H groups in total. The molecule has 0 heterocycles. The average Bonchev–Trinajstić information content (AvgIpc) is 2.32. The van der Waals surface area contributed by atoms with Gasteiger partial charge in [0.15, 0.2) is 5.41 Å². The van der Waals surface area contributed by atoms with Crippen molar-refractivity contribution in [1.82, 2.24) is 0 Å². The first kappa shape index (κ1) is 26.7. The molecule has 0 aromatic carbocycles. The van der Waals surface area contributed by atoms with Crippen LogP contribution < -0.4 is 0 Å². The van der Waals surface area contributed by atoms with Crippen molar-refractivity contribution in [1.29, 1.82) is 0 Å². The summed E-state index contributed by atoms with van der Waals surface area (Å²) in [5.74, 6) is -1.22. The van der Waals surface area contributed by atoms with Gasteiger partial charge < -0.3 is 4.74 Å². The van der Waals surface area contributed by atoms with E-state index < -0.39 is 31.2 Å². The molecule has 1 unspecified atom stereocenters. The molecule has 0 rings (SSSR count). The molecule has 6 heteroatoms. The molecule has 0 spiro atoms. The second-order valence-electron chi connectivity index (χ2n) is 9.94. The van der Waals surface area contributed by atoms with Crippen LogP contribution in [0.3, 0.4) is 0 Å². The number of esters is 1. The van der Waals surface area contributed by atoms with E-state index in [0.717, 1.165) is 6.92 Å². The zero-order valence-electron chi connectivity index (χ0n) is 18.1. The number of carbonyl (C=O) groups is 1. The molecule has 0 bridgehead atoms. The van der Waals surface area contributed by atoms with E-state index in [-0.39, 0.29) is 6.42 Å². The normalized spacial score (nSPS) is 15.8. The van der Waals surface area contributed by atoms with Crippen LogP contribution in [0.2, 0.25) is 25.7 Å². The lowest BCUT2D eigenvalue weighted by molar-refractivity contribution is -0.236. The standard InChI is InChI=1S/C10H17F3O2.C9H22Si/c1-6-9(5,10(11,12)13)7(14)15-8(2,3)4;1-7-9(2,3)8-10(4,5)6/h6H2,1-5H3;7-8H2,1-6H3. The van der Waals surface area contributed by atoms with Gasteiger partial charge in [0.05, 0.1) is 0 Å². The number of ether oxygens (including phenoxy) is 1. The first-order chi connectivity index (χ1) is 10.7. The molecule has 152 valence electrons. The third kappa shape index (κ3) is 10.9. The Morgan fingerprint density at radius 2 is 1.28 bits per heavy atom. The van der Waals surface area contributed by atoms with E-state index in [1.165, 1.54) is 40.2 Å². The van der Waals surface area contributed by atoms with Gasteiger partial charge in [-0.1, -0.05) is 59.8 Å². The number of alkyl halides is 3. The zero-order valence-corrected chi connectivity index (χ0v) is 19.1. The molecule has 0 aliphatic carbocycles. The van der Waals surface area contributed by atoms with E-state index >= 15 is 0 Å². The Labute approximate surface area is 153 Å². The number of halogens is 3. The Morgan fingerprint density at radius 1 is 0.880 bits per heavy atom. The van der Waals surface area contributed by atoms with Gasteiger partial charge in [0.25, 0.3) is 0 Å². The predicted molar refractivity (Wildman–Crippen MR) is 103 cm³/mol. The highest BCUT2D eigenvalue weighted by molar-refractivity contribution is 6.76. The van der Waals surface area contributed by atoms with Gasteiger partial charge in [0.2, 0.25) is 0 Å². The fraction of sp³-hybridized carbons (Fsp3) is 0.947. The van der Waals surface area contributed by atoms with Crippen molar-refractivity contribution in [3.8, 4) is 0 Å². The smallest absolute Gasteiger partial charge is 0.404 e. The number of rotatable bonds is 5. The molecule has 0 aromatic rings. The van der Waals surface area contributed by atoms with Crippen LogP contribution in [-0.4, -0.2) is 25.8 Å². The minimum atomic E-state index is -4.58. The summed E-state index contributed by atoms with van der Waals surface area (Å²) in [6.45, 7) is 21.2. The molecule has 0 saturated carbocycles. The quantitative estimate of drug-likeness (QED) is 0.374. The molecule has 0 radical (unpaired) electrons. The molecule has 1 atom stereocenters. The Morgan fingerprint density at radius 3 is 1.44 bits per heavy atom. The van der Waals surface area contributed by atoms with Gasteiger partial charge in [-0.3, -0.25) is 4.79 Å². The van der Waals surface area contributed by atoms with Crippen LogP contribution in [0.1, 0.15) is 68.2 Å². The number of hydrogen-bond donors (Lipinski definition) is 0. The summed E-state index contributed by atoms with van der Waals surface area (Å²) in [6, 6.07) is 1.45. The van der Waals surface area contributed by atoms with Gasteiger partial charge in [0, 0.05) is 8.07 Å². The van der Waals surface area contributed by atoms with Crippen molar-refractivity contribution >= 4 is 14.0 Å². The Bertz CT molecular complexity index is 418. The molecule has 0 fully saturated rings. The van der Waals surface area contributed by atoms with E-state index in [2.05, 4.69) is 40.4 Å². The summed E-state index contributed by atoms with van der Waals surface area (Å²) in [4.78, 5) is 11.4.